The first kappa shape index (κ1) is 17.5. The number of para-hydroxylation sites is 1. The fraction of sp³-hybridized carbons (Fsp3) is 0.143. The second-order valence-electron chi connectivity index (χ2n) is 5.68. The van der Waals surface area contributed by atoms with Gasteiger partial charge in [-0.1, -0.05) is 30.3 Å². The van der Waals surface area contributed by atoms with Crippen LogP contribution in [0.25, 0.3) is 6.08 Å². The van der Waals surface area contributed by atoms with Gasteiger partial charge in [-0.2, -0.15) is 0 Å². The zero-order chi connectivity index (χ0) is 18.4. The molecule has 0 bridgehead atoms. The molecule has 2 amide bonds. The van der Waals surface area contributed by atoms with Crippen LogP contribution < -0.4 is 9.47 Å². The molecule has 0 atom stereocenters. The Balaban J connectivity index is 1.73. The Morgan fingerprint density at radius 3 is 2.65 bits per heavy atom. The lowest BCUT2D eigenvalue weighted by Crippen LogP contribution is -2.37. The van der Waals surface area contributed by atoms with Crippen molar-refractivity contribution in [2.75, 3.05) is 13.7 Å². The average molecular weight is 349 g/mol. The lowest BCUT2D eigenvalue weighted by Gasteiger charge is -2.19. The van der Waals surface area contributed by atoms with E-state index in [-0.39, 0.29) is 11.8 Å². The largest absolute Gasteiger partial charge is 0.493 e. The van der Waals surface area contributed by atoms with Gasteiger partial charge < -0.3 is 9.47 Å². The summed E-state index contributed by atoms with van der Waals surface area (Å²) in [6.45, 7) is 0.408. The van der Waals surface area contributed by atoms with Gasteiger partial charge in [0.05, 0.1) is 7.11 Å². The summed E-state index contributed by atoms with van der Waals surface area (Å²) in [5.41, 5.74) is 0.774. The average Bonchev–Trinajstić information content (AvgIpc) is 2.68. The normalized spacial score (nSPS) is 13.9. The number of rotatable bonds is 5. The highest BCUT2D eigenvalue weighted by Gasteiger charge is 2.18. The van der Waals surface area contributed by atoms with Crippen LogP contribution in [0, 0.1) is 0 Å². The van der Waals surface area contributed by atoms with E-state index in [4.69, 9.17) is 9.47 Å². The maximum atomic E-state index is 12.2. The van der Waals surface area contributed by atoms with Crippen LogP contribution in [-0.2, 0) is 9.59 Å². The van der Waals surface area contributed by atoms with Crippen LogP contribution in [0.1, 0.15) is 12.0 Å². The van der Waals surface area contributed by atoms with Gasteiger partial charge >= 0.3 is 0 Å². The van der Waals surface area contributed by atoms with Crippen molar-refractivity contribution in [3.05, 3.63) is 72.3 Å². The number of amides is 2. The van der Waals surface area contributed by atoms with E-state index in [9.17, 15) is 9.59 Å². The molecule has 0 spiro atoms. The summed E-state index contributed by atoms with van der Waals surface area (Å²) in [7, 11) is 1.56. The zero-order valence-corrected chi connectivity index (χ0v) is 14.4. The van der Waals surface area contributed by atoms with Gasteiger partial charge in [-0.3, -0.25) is 14.5 Å². The molecule has 3 rings (SSSR count). The third-order valence-corrected chi connectivity index (χ3v) is 3.89. The first-order valence-corrected chi connectivity index (χ1v) is 8.28. The smallest absolute Gasteiger partial charge is 0.253 e. The summed E-state index contributed by atoms with van der Waals surface area (Å²) in [6, 6.07) is 14.8. The number of hydrogen-bond acceptors (Lipinski definition) is 4. The van der Waals surface area contributed by atoms with Crippen molar-refractivity contribution in [2.45, 2.75) is 6.42 Å². The van der Waals surface area contributed by atoms with E-state index in [0.717, 1.165) is 5.56 Å². The molecular weight excluding hydrogens is 330 g/mol. The van der Waals surface area contributed by atoms with Crippen LogP contribution >= 0.6 is 0 Å². The maximum Gasteiger partial charge on any atom is 0.253 e. The van der Waals surface area contributed by atoms with Crippen molar-refractivity contribution < 1.29 is 19.1 Å². The maximum absolute atomic E-state index is 12.2. The van der Waals surface area contributed by atoms with Crippen LogP contribution in [0.4, 0.5) is 0 Å². The Labute approximate surface area is 152 Å². The van der Waals surface area contributed by atoms with E-state index in [0.29, 0.717) is 30.2 Å². The van der Waals surface area contributed by atoms with Crippen molar-refractivity contribution in [3.8, 4) is 17.2 Å². The van der Waals surface area contributed by atoms with Gasteiger partial charge in [0.1, 0.15) is 5.75 Å². The minimum Gasteiger partial charge on any atom is -0.493 e. The van der Waals surface area contributed by atoms with E-state index in [1.165, 1.54) is 17.1 Å². The molecule has 1 aliphatic heterocycles. The summed E-state index contributed by atoms with van der Waals surface area (Å²) < 4.78 is 11.2. The molecular formula is C21H19NO4. The summed E-state index contributed by atoms with van der Waals surface area (Å²) in [4.78, 5) is 25.1. The standard InChI is InChI=1S/C21H19NO4/c1-25-19-15-16(10-12-18(19)26-17-7-3-2-4-8-17)11-13-21(24)22-14-6-5-9-20(22)23/h2-5,7-13,15H,6,14H2,1H3/b13-11+. The van der Waals surface area contributed by atoms with Crippen molar-refractivity contribution in [1.29, 1.82) is 0 Å². The lowest BCUT2D eigenvalue weighted by atomic mass is 10.1. The van der Waals surface area contributed by atoms with E-state index in [2.05, 4.69) is 0 Å². The molecule has 0 unspecified atom stereocenters. The topological polar surface area (TPSA) is 55.8 Å². The summed E-state index contributed by atoms with van der Waals surface area (Å²) >= 11 is 0. The van der Waals surface area contributed by atoms with Gasteiger partial charge in [0.15, 0.2) is 11.5 Å². The SMILES string of the molecule is COc1cc(/C=C/C(=O)N2CCC=CC2=O)ccc1Oc1ccccc1. The molecule has 0 saturated heterocycles. The number of carbonyl (C=O) groups excluding carboxylic acids is 2. The second kappa shape index (κ2) is 8.16. The quantitative estimate of drug-likeness (QED) is 0.770. The number of ether oxygens (including phenoxy) is 2. The zero-order valence-electron chi connectivity index (χ0n) is 14.4. The van der Waals surface area contributed by atoms with Crippen LogP contribution in [0.15, 0.2) is 66.8 Å². The molecule has 5 heteroatoms. The number of carbonyl (C=O) groups is 2. The summed E-state index contributed by atoms with van der Waals surface area (Å²) in [5.74, 6) is 1.23. The molecule has 0 aromatic heterocycles. The van der Waals surface area contributed by atoms with Crippen LogP contribution in [0.3, 0.4) is 0 Å². The first-order valence-electron chi connectivity index (χ1n) is 8.28. The highest BCUT2D eigenvalue weighted by atomic mass is 16.5. The third kappa shape index (κ3) is 4.19. The van der Waals surface area contributed by atoms with Crippen LogP contribution in [0.5, 0.6) is 17.2 Å². The van der Waals surface area contributed by atoms with Gasteiger partial charge in [0.25, 0.3) is 11.8 Å². The molecule has 26 heavy (non-hydrogen) atoms. The minimum atomic E-state index is -0.331. The second-order valence-corrected chi connectivity index (χ2v) is 5.68. The Kier molecular flexibility index (Phi) is 5.49. The number of nitrogens with zero attached hydrogens (tertiary/aromatic N) is 1. The highest BCUT2D eigenvalue weighted by Crippen LogP contribution is 2.32. The molecule has 0 N–H and O–H groups in total. The molecule has 0 radical (unpaired) electrons. The van der Waals surface area contributed by atoms with Crippen molar-refractivity contribution in [1.82, 2.24) is 4.90 Å². The molecule has 1 aliphatic rings. The monoisotopic (exact) mass is 349 g/mol. The molecule has 132 valence electrons. The number of benzene rings is 2. The predicted octanol–water partition coefficient (Wildman–Crippen LogP) is 3.82. The highest BCUT2D eigenvalue weighted by molar-refractivity contribution is 6.06. The molecule has 1 heterocycles. The van der Waals surface area contributed by atoms with Gasteiger partial charge in [-0.15, -0.1) is 0 Å². The van der Waals surface area contributed by atoms with Crippen LogP contribution in [-0.4, -0.2) is 30.4 Å². The molecule has 0 saturated carbocycles. The Hall–Kier alpha value is -3.34. The molecule has 2 aromatic rings. The third-order valence-electron chi connectivity index (χ3n) is 3.89. The van der Waals surface area contributed by atoms with Crippen molar-refractivity contribution in [2.24, 2.45) is 0 Å². The lowest BCUT2D eigenvalue weighted by molar-refractivity contribution is -0.139. The number of hydrogen-bond donors (Lipinski definition) is 0. The molecule has 2 aromatic carbocycles. The summed E-state index contributed by atoms with van der Waals surface area (Å²) in [5, 5.41) is 0. The van der Waals surface area contributed by atoms with Crippen molar-refractivity contribution >= 4 is 17.9 Å². The fourth-order valence-corrected chi connectivity index (χ4v) is 2.55. The molecule has 5 nitrogen and oxygen atoms in total. The Morgan fingerprint density at radius 2 is 1.92 bits per heavy atom. The number of imide groups is 1. The Bertz CT molecular complexity index is 856. The van der Waals surface area contributed by atoms with E-state index in [1.807, 2.05) is 36.4 Å². The predicted molar refractivity (Wildman–Crippen MR) is 99.0 cm³/mol. The van der Waals surface area contributed by atoms with Gasteiger partial charge in [-0.25, -0.2) is 0 Å². The first-order chi connectivity index (χ1) is 12.7. The number of methoxy groups -OCH3 is 1. The van der Waals surface area contributed by atoms with E-state index >= 15 is 0 Å². The van der Waals surface area contributed by atoms with Crippen LogP contribution in [0.2, 0.25) is 0 Å². The van der Waals surface area contributed by atoms with Gasteiger partial charge in [0, 0.05) is 12.6 Å². The van der Waals surface area contributed by atoms with E-state index in [1.54, 1.807) is 31.4 Å². The van der Waals surface area contributed by atoms with Gasteiger partial charge in [0.2, 0.25) is 0 Å². The Morgan fingerprint density at radius 1 is 1.12 bits per heavy atom. The van der Waals surface area contributed by atoms with E-state index < -0.39 is 0 Å². The minimum absolute atomic E-state index is 0.282. The fourth-order valence-electron chi connectivity index (χ4n) is 2.55. The van der Waals surface area contributed by atoms with Crippen molar-refractivity contribution in [3.63, 3.8) is 0 Å². The summed E-state index contributed by atoms with van der Waals surface area (Å²) in [6.07, 6.45) is 6.93. The molecule has 0 fully saturated rings. The molecule has 0 aliphatic carbocycles. The van der Waals surface area contributed by atoms with Gasteiger partial charge in [-0.05, 0) is 48.4 Å².